The molecule has 0 amide bonds. The summed E-state index contributed by atoms with van der Waals surface area (Å²) in [5, 5.41) is 3.91. The molecule has 1 aromatic heterocycles. The maximum absolute atomic E-state index is 14.9. The van der Waals surface area contributed by atoms with E-state index < -0.39 is 50.2 Å². The molecule has 14 heteroatoms. The first-order valence-electron chi connectivity index (χ1n) is 9.76. The Morgan fingerprint density at radius 3 is 2.53 bits per heavy atom. The number of nitrogens with one attached hydrogen (secondary N) is 2. The second-order valence-electron chi connectivity index (χ2n) is 7.99. The standard InChI is InChI=1S/C20H18Cl2F2N4O4S2/c1-20(2)8-25-17(10-3-11(21)5-12(22)4-10)18(32-20)31-15-6-14(24)16(7-13(15)23)34(29,30)28-19-26-9-27-33-19/h3-7,9,17-18,25H,8H2,1-2H3,(H,26,27,28). The van der Waals surface area contributed by atoms with E-state index in [4.69, 9.17) is 32.7 Å². The zero-order chi connectivity index (χ0) is 24.7. The van der Waals surface area contributed by atoms with Crippen LogP contribution in [0, 0.1) is 11.6 Å². The zero-order valence-corrected chi connectivity index (χ0v) is 20.8. The van der Waals surface area contributed by atoms with E-state index in [-0.39, 0.29) is 5.13 Å². The summed E-state index contributed by atoms with van der Waals surface area (Å²) in [4.78, 5) is 2.76. The van der Waals surface area contributed by atoms with E-state index in [0.717, 1.165) is 17.9 Å². The van der Waals surface area contributed by atoms with Crippen LogP contribution in [0.5, 0.6) is 5.75 Å². The molecule has 1 saturated heterocycles. The number of morpholine rings is 1. The number of ether oxygens (including phenoxy) is 2. The lowest BCUT2D eigenvalue weighted by atomic mass is 10.0. The average molecular weight is 551 g/mol. The first-order chi connectivity index (χ1) is 15.9. The minimum absolute atomic E-state index is 0.0907. The number of rotatable bonds is 6. The fraction of sp³-hybridized carbons (Fsp3) is 0.300. The second kappa shape index (κ2) is 9.51. The lowest BCUT2D eigenvalue weighted by Crippen LogP contribution is -2.54. The molecule has 2 aromatic carbocycles. The highest BCUT2D eigenvalue weighted by atomic mass is 35.5. The van der Waals surface area contributed by atoms with Crippen LogP contribution in [0.3, 0.4) is 0 Å². The van der Waals surface area contributed by atoms with Gasteiger partial charge in [0.25, 0.3) is 10.0 Å². The third-order valence-electron chi connectivity index (χ3n) is 4.80. The van der Waals surface area contributed by atoms with Gasteiger partial charge in [-0.15, -0.1) is 0 Å². The molecule has 2 heterocycles. The summed E-state index contributed by atoms with van der Waals surface area (Å²) in [7, 11) is -4.45. The quantitative estimate of drug-likeness (QED) is 0.455. The third kappa shape index (κ3) is 5.58. The Balaban J connectivity index is 1.64. The highest BCUT2D eigenvalue weighted by molar-refractivity contribution is 7.93. The fourth-order valence-electron chi connectivity index (χ4n) is 3.32. The molecule has 1 aliphatic rings. The van der Waals surface area contributed by atoms with Crippen molar-refractivity contribution in [1.82, 2.24) is 14.7 Å². The Labute approximate surface area is 208 Å². The number of sulfonamides is 1. The predicted molar refractivity (Wildman–Crippen MR) is 124 cm³/mol. The van der Waals surface area contributed by atoms with Crippen molar-refractivity contribution in [3.8, 4) is 5.75 Å². The van der Waals surface area contributed by atoms with Crippen LogP contribution in [0.15, 0.2) is 41.6 Å². The van der Waals surface area contributed by atoms with Gasteiger partial charge in [0, 0.05) is 40.3 Å². The summed E-state index contributed by atoms with van der Waals surface area (Å²) in [6, 6.07) is 5.40. The summed E-state index contributed by atoms with van der Waals surface area (Å²) in [5.74, 6) is -2.86. The minimum atomic E-state index is -4.45. The fourth-order valence-corrected chi connectivity index (χ4v) is 5.59. The van der Waals surface area contributed by atoms with Gasteiger partial charge in [-0.3, -0.25) is 4.72 Å². The molecule has 182 valence electrons. The largest absolute Gasteiger partial charge is 0.460 e. The Hall–Kier alpha value is -2.09. The molecule has 2 N–H and O–H groups in total. The summed E-state index contributed by atoms with van der Waals surface area (Å²) in [6.45, 7) is 4.01. The van der Waals surface area contributed by atoms with Crippen molar-refractivity contribution >= 4 is 49.9 Å². The highest BCUT2D eigenvalue weighted by Gasteiger charge is 2.39. The number of aromatic nitrogens is 2. The highest BCUT2D eigenvalue weighted by Crippen LogP contribution is 2.35. The molecule has 0 saturated carbocycles. The van der Waals surface area contributed by atoms with Crippen LogP contribution >= 0.6 is 34.7 Å². The smallest absolute Gasteiger partial charge is 0.266 e. The Morgan fingerprint density at radius 2 is 1.88 bits per heavy atom. The molecule has 1 fully saturated rings. The molecular formula is C20H18Cl2F2N4O4S2. The van der Waals surface area contributed by atoms with Crippen LogP contribution in [-0.2, 0) is 14.8 Å². The minimum Gasteiger partial charge on any atom is -0.460 e. The number of hydrogen-bond acceptors (Lipinski definition) is 8. The summed E-state index contributed by atoms with van der Waals surface area (Å²) < 4.78 is 72.1. The predicted octanol–water partition coefficient (Wildman–Crippen LogP) is 4.77. The molecule has 0 radical (unpaired) electrons. The van der Waals surface area contributed by atoms with Crippen LogP contribution in [0.25, 0.3) is 0 Å². The van der Waals surface area contributed by atoms with Gasteiger partial charge in [-0.25, -0.2) is 22.2 Å². The molecule has 34 heavy (non-hydrogen) atoms. The SMILES string of the molecule is CC1(C)CNC(c2cc(Cl)cc(Cl)c2)C(Oc2cc(F)c(S(=O)(=O)Nc3ncns3)cc2F)O1. The molecule has 0 bridgehead atoms. The number of hydrogen-bond donors (Lipinski definition) is 2. The molecule has 0 aliphatic carbocycles. The van der Waals surface area contributed by atoms with Crippen molar-refractivity contribution in [3.63, 3.8) is 0 Å². The van der Waals surface area contributed by atoms with Gasteiger partial charge in [-0.2, -0.15) is 4.37 Å². The number of anilines is 1. The first kappa shape index (κ1) is 25.0. The van der Waals surface area contributed by atoms with Gasteiger partial charge in [-0.05, 0) is 37.6 Å². The van der Waals surface area contributed by atoms with Crippen LogP contribution in [0.1, 0.15) is 25.5 Å². The molecular weight excluding hydrogens is 533 g/mol. The van der Waals surface area contributed by atoms with E-state index >= 15 is 0 Å². The zero-order valence-electron chi connectivity index (χ0n) is 17.7. The summed E-state index contributed by atoms with van der Waals surface area (Å²) >= 11 is 13.0. The maximum Gasteiger partial charge on any atom is 0.266 e. The van der Waals surface area contributed by atoms with Gasteiger partial charge in [0.1, 0.15) is 17.0 Å². The number of nitrogens with zero attached hydrogens (tertiary/aromatic N) is 2. The van der Waals surface area contributed by atoms with E-state index in [1.54, 1.807) is 32.0 Å². The maximum atomic E-state index is 14.9. The van der Waals surface area contributed by atoms with Gasteiger partial charge in [0.15, 0.2) is 11.6 Å². The van der Waals surface area contributed by atoms with Crippen LogP contribution in [0.4, 0.5) is 13.9 Å². The van der Waals surface area contributed by atoms with Gasteiger partial charge in [0.2, 0.25) is 11.4 Å². The van der Waals surface area contributed by atoms with E-state index in [1.807, 2.05) is 4.72 Å². The van der Waals surface area contributed by atoms with E-state index in [9.17, 15) is 17.2 Å². The Bertz CT molecular complexity index is 1290. The van der Waals surface area contributed by atoms with Crippen molar-refractivity contribution in [2.45, 2.75) is 36.7 Å². The number of benzene rings is 2. The van der Waals surface area contributed by atoms with Crippen molar-refractivity contribution in [2.75, 3.05) is 11.3 Å². The topological polar surface area (TPSA) is 102 Å². The molecule has 8 nitrogen and oxygen atoms in total. The third-order valence-corrected chi connectivity index (χ3v) is 7.30. The van der Waals surface area contributed by atoms with E-state index in [0.29, 0.717) is 34.3 Å². The van der Waals surface area contributed by atoms with Crippen LogP contribution < -0.4 is 14.8 Å². The van der Waals surface area contributed by atoms with Crippen LogP contribution in [-0.4, -0.2) is 36.2 Å². The van der Waals surface area contributed by atoms with Crippen molar-refractivity contribution in [2.24, 2.45) is 0 Å². The summed E-state index contributed by atoms with van der Waals surface area (Å²) in [6.07, 6.45) is 0.00810. The lowest BCUT2D eigenvalue weighted by Gasteiger charge is -2.41. The van der Waals surface area contributed by atoms with Crippen molar-refractivity contribution in [1.29, 1.82) is 0 Å². The normalized spacial score (nSPS) is 20.2. The van der Waals surface area contributed by atoms with Gasteiger partial charge >= 0.3 is 0 Å². The van der Waals surface area contributed by atoms with Gasteiger partial charge in [-0.1, -0.05) is 23.2 Å². The Kier molecular flexibility index (Phi) is 7.00. The van der Waals surface area contributed by atoms with Gasteiger partial charge in [0.05, 0.1) is 11.6 Å². The molecule has 4 rings (SSSR count). The molecule has 1 aliphatic heterocycles. The summed E-state index contributed by atoms with van der Waals surface area (Å²) in [5.41, 5.74) is -0.0904. The molecule has 2 unspecified atom stereocenters. The van der Waals surface area contributed by atoms with Crippen LogP contribution in [0.2, 0.25) is 10.0 Å². The van der Waals surface area contributed by atoms with Crippen molar-refractivity contribution < 1.29 is 26.7 Å². The molecule has 0 spiro atoms. The van der Waals surface area contributed by atoms with Crippen molar-refractivity contribution in [3.05, 3.63) is 63.9 Å². The second-order valence-corrected chi connectivity index (χ2v) is 11.3. The van der Waals surface area contributed by atoms with E-state index in [1.165, 1.54) is 0 Å². The van der Waals surface area contributed by atoms with Gasteiger partial charge < -0.3 is 14.8 Å². The van der Waals surface area contributed by atoms with E-state index in [2.05, 4.69) is 14.7 Å². The lowest BCUT2D eigenvalue weighted by molar-refractivity contribution is -0.198. The monoisotopic (exact) mass is 550 g/mol. The molecule has 2 atom stereocenters. The Morgan fingerprint density at radius 1 is 1.18 bits per heavy atom. The molecule has 3 aromatic rings. The average Bonchev–Trinajstić information content (AvgIpc) is 3.21. The first-order valence-corrected chi connectivity index (χ1v) is 12.8. The number of halogens is 4.